The molecule has 0 bridgehead atoms. The van der Waals surface area contributed by atoms with Gasteiger partial charge in [0.15, 0.2) is 5.06 Å². The molecule has 4 unspecified atom stereocenters. The first-order valence-corrected chi connectivity index (χ1v) is 51.0. The molecule has 6 heterocycles. The van der Waals surface area contributed by atoms with E-state index < -0.39 is 0 Å². The van der Waals surface area contributed by atoms with Crippen LogP contribution in [0, 0.1) is 52.8 Å². The molecule has 4 atom stereocenters. The standard InChI is InChI=1S/C18H34O3.C16H28N2O3.C15H24O4.C15H24O3S.C14H21NO3.C13H22N2O2.C13H20O3S/c1-4-6-8-16-9-11-17(12-10-16)20-13-7-14-21-18(19)15(3)5-2;1-5-16(2,3)15(19)21-11-9-7-6-8-10-20-14-12-18(4)13-17-14;1-4-15(2,3)14(16)19-11-7-5-6-10-17-13-9-8-12-18-13;1-4-12(2)15(16)18-11-7-5-6-10-17-14-9-8-13(3)19-14;1-3-12(2)14(16)18-11-5-4-10-17-13-6-8-15-9-7-13;1-4-13(2,3)12(16)17-10-6-5-8-15-9-7-14-11-15;1-3-11(2)13(14)16-8-5-4-7-15-12-6-9-17-10-12/h15-17H,4-14H2,1-3H3;12-13H,5-11H2,1-4H3;2*8-9,12H,4-7,10-11H2,1-3H3;6-9,12H,3-5,10-11H2,1-2H3;7,9,11H,4-6,8,10H2,1-3H3;6,9-11H,3-5,7-8H2,1-2H3. The van der Waals surface area contributed by atoms with E-state index in [4.69, 9.17) is 66.0 Å². The second-order valence-corrected chi connectivity index (χ2v) is 37.6. The molecule has 0 saturated heterocycles. The second kappa shape index (κ2) is 76.7. The van der Waals surface area contributed by atoms with Gasteiger partial charge in [0.25, 0.3) is 5.95 Å². The van der Waals surface area contributed by atoms with E-state index in [1.165, 1.54) is 49.8 Å². The summed E-state index contributed by atoms with van der Waals surface area (Å²) in [4.78, 5) is 93.9. The van der Waals surface area contributed by atoms with Crippen molar-refractivity contribution in [3.05, 3.63) is 108 Å². The molecule has 7 rings (SSSR count). The van der Waals surface area contributed by atoms with Crippen molar-refractivity contribution >= 4 is 64.5 Å². The van der Waals surface area contributed by atoms with E-state index >= 15 is 0 Å². The molecule has 6 aromatic rings. The third kappa shape index (κ3) is 62.1. The van der Waals surface area contributed by atoms with Gasteiger partial charge in [-0.05, 0) is 270 Å². The highest BCUT2D eigenvalue weighted by molar-refractivity contribution is 7.13. The number of hydrogen-bond donors (Lipinski definition) is 0. The highest BCUT2D eigenvalue weighted by Crippen LogP contribution is 2.31. The Bertz CT molecular complexity index is 3770. The van der Waals surface area contributed by atoms with Gasteiger partial charge in [0.05, 0.1) is 157 Å². The van der Waals surface area contributed by atoms with Crippen LogP contribution in [-0.2, 0) is 85.0 Å². The summed E-state index contributed by atoms with van der Waals surface area (Å²) < 4.78 is 78.8. The summed E-state index contributed by atoms with van der Waals surface area (Å²) in [6.45, 7) is 45.9. The Kier molecular flexibility index (Phi) is 70.6. The minimum absolute atomic E-state index is 0.00179. The predicted molar refractivity (Wildman–Crippen MR) is 526 cm³/mol. The van der Waals surface area contributed by atoms with Crippen molar-refractivity contribution in [1.82, 2.24) is 24.1 Å². The zero-order valence-electron chi connectivity index (χ0n) is 84.7. The molecule has 0 spiro atoms. The fraction of sp³-hybridized carbons (Fsp3) is 0.712. The molecule has 132 heavy (non-hydrogen) atoms. The third-order valence-electron chi connectivity index (χ3n) is 22.8. The van der Waals surface area contributed by atoms with E-state index in [9.17, 15) is 33.6 Å². The number of ether oxygens (including phenoxy) is 13. The molecule has 0 radical (unpaired) electrons. The third-order valence-corrected chi connectivity index (χ3v) is 24.4. The van der Waals surface area contributed by atoms with Crippen LogP contribution in [0.3, 0.4) is 0 Å². The number of pyridine rings is 1. The lowest BCUT2D eigenvalue weighted by Gasteiger charge is -2.28. The van der Waals surface area contributed by atoms with Crippen LogP contribution < -0.4 is 23.7 Å². The van der Waals surface area contributed by atoms with E-state index in [0.29, 0.717) is 90.6 Å². The van der Waals surface area contributed by atoms with Crippen molar-refractivity contribution in [2.75, 3.05) is 85.9 Å². The number of aromatic nitrogens is 5. The average molecular weight is 1890 g/mol. The zero-order valence-corrected chi connectivity index (χ0v) is 86.4. The Morgan fingerprint density at radius 3 is 1.30 bits per heavy atom. The molecule has 26 nitrogen and oxygen atoms in total. The topological polar surface area (TPSA) is 301 Å². The van der Waals surface area contributed by atoms with Gasteiger partial charge in [-0.3, -0.25) is 38.5 Å². The molecule has 1 saturated carbocycles. The lowest BCUT2D eigenvalue weighted by molar-refractivity contribution is -0.155. The summed E-state index contributed by atoms with van der Waals surface area (Å²) in [6.07, 6.45) is 45.3. The average Bonchev–Trinajstić information content (AvgIpc) is 1.14. The van der Waals surface area contributed by atoms with Crippen molar-refractivity contribution in [3.8, 4) is 28.4 Å². The van der Waals surface area contributed by atoms with Crippen LogP contribution in [-0.4, -0.2) is 158 Å². The summed E-state index contributed by atoms with van der Waals surface area (Å²) in [7, 11) is 1.92. The number of thiophene rings is 2. The van der Waals surface area contributed by atoms with Crippen LogP contribution in [0.15, 0.2) is 108 Å². The number of unbranched alkanes of at least 4 members (excludes halogenated alkanes) is 11. The van der Waals surface area contributed by atoms with Crippen LogP contribution in [0.5, 0.6) is 28.4 Å². The van der Waals surface area contributed by atoms with Crippen LogP contribution in [0.4, 0.5) is 0 Å². The number of furan rings is 1. The van der Waals surface area contributed by atoms with Crippen molar-refractivity contribution in [3.63, 3.8) is 0 Å². The van der Waals surface area contributed by atoms with Crippen LogP contribution in [0.1, 0.15) is 329 Å². The summed E-state index contributed by atoms with van der Waals surface area (Å²) in [5, 5.41) is 4.95. The van der Waals surface area contributed by atoms with Crippen molar-refractivity contribution in [1.29, 1.82) is 0 Å². The van der Waals surface area contributed by atoms with Gasteiger partial charge in [-0.15, -0.1) is 22.7 Å². The summed E-state index contributed by atoms with van der Waals surface area (Å²) >= 11 is 3.30. The summed E-state index contributed by atoms with van der Waals surface area (Å²) in [5.41, 5.74) is -1.09. The van der Waals surface area contributed by atoms with Gasteiger partial charge >= 0.3 is 41.8 Å². The Labute approximate surface area is 801 Å². The molecule has 1 aliphatic rings. The van der Waals surface area contributed by atoms with Crippen LogP contribution in [0.2, 0.25) is 0 Å². The highest BCUT2D eigenvalue weighted by atomic mass is 32.1. The Morgan fingerprint density at radius 2 is 0.879 bits per heavy atom. The van der Waals surface area contributed by atoms with Gasteiger partial charge in [0, 0.05) is 61.1 Å². The first-order valence-electron chi connectivity index (χ1n) is 49.2. The monoisotopic (exact) mass is 1890 g/mol. The van der Waals surface area contributed by atoms with Crippen molar-refractivity contribution in [2.24, 2.45) is 52.9 Å². The minimum Gasteiger partial charge on any atom is -0.493 e. The van der Waals surface area contributed by atoms with Gasteiger partial charge in [-0.1, -0.05) is 102 Å². The van der Waals surface area contributed by atoms with Gasteiger partial charge in [-0.2, -0.15) is 0 Å². The lowest BCUT2D eigenvalue weighted by Crippen LogP contribution is -2.26. The molecule has 0 amide bonds. The molecule has 0 aromatic carbocycles. The van der Waals surface area contributed by atoms with Gasteiger partial charge in [-0.25, -0.2) is 9.97 Å². The second-order valence-electron chi connectivity index (χ2n) is 35.6. The molecule has 1 aliphatic carbocycles. The highest BCUT2D eigenvalue weighted by Gasteiger charge is 2.29. The van der Waals surface area contributed by atoms with E-state index in [1.807, 2.05) is 181 Å². The zero-order chi connectivity index (χ0) is 97.9. The molecule has 0 N–H and O–H groups in total. The van der Waals surface area contributed by atoms with Gasteiger partial charge in [0.1, 0.15) is 11.5 Å². The number of carbonyl (C=O) groups is 7. The number of aryl methyl sites for hydroxylation is 3. The molecule has 0 aliphatic heterocycles. The number of carbonyl (C=O) groups excluding carboxylic acids is 7. The quantitative estimate of drug-likeness (QED) is 0.0195. The van der Waals surface area contributed by atoms with Gasteiger partial charge in [0.2, 0.25) is 5.88 Å². The Balaban J connectivity index is 0.000000771. The number of imidazole rings is 2. The predicted octanol–water partition coefficient (Wildman–Crippen LogP) is 25.0. The van der Waals surface area contributed by atoms with Crippen molar-refractivity contribution < 1.29 is 99.6 Å². The fourth-order valence-electron chi connectivity index (χ4n) is 11.3. The maximum Gasteiger partial charge on any atom is 0.311 e. The number of nitrogens with zero attached hydrogens (tertiary/aromatic N) is 5. The van der Waals surface area contributed by atoms with E-state index in [1.54, 1.807) is 72.3 Å². The molecule has 6 aromatic heterocycles. The van der Waals surface area contributed by atoms with E-state index in [0.717, 1.165) is 196 Å². The first-order chi connectivity index (χ1) is 63.3. The molecule has 752 valence electrons. The Hall–Kier alpha value is -8.50. The van der Waals surface area contributed by atoms with Crippen LogP contribution in [0.25, 0.3) is 0 Å². The maximum atomic E-state index is 11.7. The number of rotatable bonds is 61. The number of esters is 7. The van der Waals surface area contributed by atoms with Gasteiger partial charge < -0.3 is 75.1 Å². The summed E-state index contributed by atoms with van der Waals surface area (Å²) in [5.74, 6) is 3.30. The smallest absolute Gasteiger partial charge is 0.311 e. The molecular formula is C104H173N5O21S2. The lowest BCUT2D eigenvalue weighted by atomic mass is 9.84. The Morgan fingerprint density at radius 1 is 0.447 bits per heavy atom. The SMILES string of the molecule is CCC(C)(C)C(=O)OCCCCCCOc1cn(C)cn1.CCC(C)(C)C(=O)OCCCCCOc1ccco1.CCC(C)(C)C(=O)OCCCCn1ccnc1.CCC(C)C(=O)OCCCCCOc1ccc(C)s1.CCC(C)C(=O)OCCCCOc1ccncc1.CCC(C)C(=O)OCCCCOc1ccsc1.CCCCC1CCC(OCCCOC(=O)C(C)CC)CC1. The molecule has 28 heteroatoms. The largest absolute Gasteiger partial charge is 0.493 e. The fourth-order valence-corrected chi connectivity index (χ4v) is 12.6. The van der Waals surface area contributed by atoms with E-state index in [2.05, 4.69) is 34.9 Å². The van der Waals surface area contributed by atoms with E-state index in [-0.39, 0.29) is 81.7 Å². The minimum atomic E-state index is -0.373. The normalized spacial score (nSPS) is 13.6. The summed E-state index contributed by atoms with van der Waals surface area (Å²) in [6, 6.07) is 13.3. The first kappa shape index (κ1) is 122. The van der Waals surface area contributed by atoms with Crippen molar-refractivity contribution in [2.45, 2.75) is 343 Å². The van der Waals surface area contributed by atoms with Crippen LogP contribution >= 0.6 is 22.7 Å². The number of hydrogen-bond acceptors (Lipinski definition) is 26. The maximum absolute atomic E-state index is 11.7. The molecule has 1 fully saturated rings. The molecular weight excluding hydrogens is 1720 g/mol.